The third-order valence-corrected chi connectivity index (χ3v) is 2.97. The molecule has 1 aromatic carbocycles. The predicted octanol–water partition coefficient (Wildman–Crippen LogP) is 2.39. The van der Waals surface area contributed by atoms with E-state index in [0.29, 0.717) is 0 Å². The van der Waals surface area contributed by atoms with Crippen LogP contribution >= 0.6 is 0 Å². The monoisotopic (exact) mass is 304 g/mol. The Morgan fingerprint density at radius 2 is 1.68 bits per heavy atom. The van der Waals surface area contributed by atoms with E-state index in [1.165, 1.54) is 18.2 Å². The van der Waals surface area contributed by atoms with Gasteiger partial charge in [0.05, 0.1) is 5.56 Å². The topological polar surface area (TPSA) is 106 Å². The number of nitrogen functional groups attached to an aromatic ring is 1. The van der Waals surface area contributed by atoms with Gasteiger partial charge in [0.1, 0.15) is 29.1 Å². The Morgan fingerprint density at radius 1 is 1.09 bits per heavy atom. The van der Waals surface area contributed by atoms with Crippen molar-refractivity contribution in [3.63, 3.8) is 0 Å². The molecule has 0 fully saturated rings. The molecule has 3 N–H and O–H groups in total. The molecule has 0 unspecified atom stereocenters. The van der Waals surface area contributed by atoms with E-state index in [1.807, 2.05) is 0 Å². The zero-order chi connectivity index (χ0) is 16.5. The highest BCUT2D eigenvalue weighted by molar-refractivity contribution is 5.82. The van der Waals surface area contributed by atoms with Crippen LogP contribution in [0.15, 0.2) is 29.1 Å². The van der Waals surface area contributed by atoms with Gasteiger partial charge in [0.15, 0.2) is 0 Å². The van der Waals surface area contributed by atoms with Gasteiger partial charge in [-0.15, -0.1) is 0 Å². The molecule has 5 nitrogen and oxygen atoms in total. The molecule has 0 aliphatic heterocycles. The summed E-state index contributed by atoms with van der Waals surface area (Å²) in [5, 5.41) is 18.2. The second-order valence-electron chi connectivity index (χ2n) is 4.26. The molecule has 0 amide bonds. The number of nitrogens with one attached hydrogen (secondary N) is 1. The van der Waals surface area contributed by atoms with Crippen molar-refractivity contribution in [3.8, 4) is 23.3 Å². The average Bonchev–Trinajstić information content (AvgIpc) is 2.45. The van der Waals surface area contributed by atoms with Gasteiger partial charge in [-0.1, -0.05) is 18.2 Å². The summed E-state index contributed by atoms with van der Waals surface area (Å²) in [5.74, 6) is -0.390. The van der Waals surface area contributed by atoms with Crippen LogP contribution in [0, 0.1) is 22.7 Å². The van der Waals surface area contributed by atoms with Gasteiger partial charge < -0.3 is 10.7 Å². The smallest absolute Gasteiger partial charge is 0.384 e. The first-order valence-corrected chi connectivity index (χ1v) is 5.83. The third-order valence-electron chi connectivity index (χ3n) is 2.97. The van der Waals surface area contributed by atoms with Crippen molar-refractivity contribution in [3.05, 3.63) is 51.3 Å². The Bertz CT molecular complexity index is 885. The number of aromatic nitrogens is 1. The van der Waals surface area contributed by atoms with E-state index >= 15 is 0 Å². The summed E-state index contributed by atoms with van der Waals surface area (Å²) in [6, 6.07) is 7.51. The number of alkyl halides is 3. The van der Waals surface area contributed by atoms with Gasteiger partial charge in [0.2, 0.25) is 0 Å². The number of aromatic amines is 1. The van der Waals surface area contributed by atoms with E-state index in [9.17, 15) is 18.0 Å². The molecule has 0 atom stereocenters. The van der Waals surface area contributed by atoms with Gasteiger partial charge in [-0.2, -0.15) is 23.7 Å². The van der Waals surface area contributed by atoms with Gasteiger partial charge in [0, 0.05) is 5.56 Å². The lowest BCUT2D eigenvalue weighted by Gasteiger charge is -2.15. The molecule has 1 heterocycles. The predicted molar refractivity (Wildman–Crippen MR) is 71.3 cm³/mol. The summed E-state index contributed by atoms with van der Waals surface area (Å²) in [5.41, 5.74) is 1.63. The standard InChI is InChI=1S/C14H7F3N4O/c15-14(16,17)10-4-2-1-3-7(10)11-8(5-18)12(20)21-13(22)9(11)6-19/h1-4H,(H3,20,21,22). The maximum absolute atomic E-state index is 13.1. The van der Waals surface area contributed by atoms with Crippen molar-refractivity contribution in [2.24, 2.45) is 0 Å². The molecule has 0 radical (unpaired) electrons. The number of nitrogens with two attached hydrogens (primary N) is 1. The van der Waals surface area contributed by atoms with E-state index < -0.39 is 39.8 Å². The Hall–Kier alpha value is -3.26. The fourth-order valence-corrected chi connectivity index (χ4v) is 2.06. The van der Waals surface area contributed by atoms with Crippen molar-refractivity contribution in [1.29, 1.82) is 10.5 Å². The number of hydrogen-bond donors (Lipinski definition) is 2. The highest BCUT2D eigenvalue weighted by atomic mass is 19.4. The van der Waals surface area contributed by atoms with Crippen LogP contribution in [0.5, 0.6) is 0 Å². The lowest BCUT2D eigenvalue weighted by molar-refractivity contribution is -0.137. The molecular weight excluding hydrogens is 297 g/mol. The zero-order valence-electron chi connectivity index (χ0n) is 10.8. The lowest BCUT2D eigenvalue weighted by atomic mass is 9.92. The van der Waals surface area contributed by atoms with Crippen molar-refractivity contribution in [2.75, 3.05) is 5.73 Å². The normalized spacial score (nSPS) is 10.8. The first kappa shape index (κ1) is 15.1. The van der Waals surface area contributed by atoms with E-state index in [-0.39, 0.29) is 5.56 Å². The number of H-pyrrole nitrogens is 1. The van der Waals surface area contributed by atoms with E-state index in [2.05, 4.69) is 4.98 Å². The molecule has 0 saturated carbocycles. The molecule has 2 rings (SSSR count). The number of pyridine rings is 1. The maximum Gasteiger partial charge on any atom is 0.417 e. The molecule has 0 aliphatic rings. The van der Waals surface area contributed by atoms with E-state index in [0.717, 1.165) is 12.1 Å². The number of nitrogens with zero attached hydrogens (tertiary/aromatic N) is 2. The van der Waals surface area contributed by atoms with Gasteiger partial charge in [0.25, 0.3) is 5.56 Å². The van der Waals surface area contributed by atoms with Crippen LogP contribution in [0.25, 0.3) is 11.1 Å². The van der Waals surface area contributed by atoms with Gasteiger partial charge >= 0.3 is 6.18 Å². The second kappa shape index (κ2) is 5.26. The highest BCUT2D eigenvalue weighted by Gasteiger charge is 2.35. The first-order valence-electron chi connectivity index (χ1n) is 5.83. The summed E-state index contributed by atoms with van der Waals surface area (Å²) >= 11 is 0. The summed E-state index contributed by atoms with van der Waals surface area (Å²) in [7, 11) is 0. The molecule has 0 saturated heterocycles. The molecule has 0 bridgehead atoms. The minimum Gasteiger partial charge on any atom is -0.384 e. The van der Waals surface area contributed by atoms with Crippen LogP contribution in [-0.2, 0) is 6.18 Å². The number of hydrogen-bond acceptors (Lipinski definition) is 4. The quantitative estimate of drug-likeness (QED) is 0.843. The van der Waals surface area contributed by atoms with Gasteiger partial charge in [-0.25, -0.2) is 0 Å². The molecule has 8 heteroatoms. The Balaban J connectivity index is 3.01. The first-order chi connectivity index (χ1) is 10.3. The maximum atomic E-state index is 13.1. The molecule has 22 heavy (non-hydrogen) atoms. The fourth-order valence-electron chi connectivity index (χ4n) is 2.06. The van der Waals surface area contributed by atoms with Crippen LogP contribution in [0.2, 0.25) is 0 Å². The number of halogens is 3. The molecular formula is C14H7F3N4O. The van der Waals surface area contributed by atoms with Crippen molar-refractivity contribution in [2.45, 2.75) is 6.18 Å². The fraction of sp³-hybridized carbons (Fsp3) is 0.0714. The van der Waals surface area contributed by atoms with Crippen molar-refractivity contribution in [1.82, 2.24) is 4.98 Å². The average molecular weight is 304 g/mol. The number of anilines is 1. The Labute approximate surface area is 122 Å². The largest absolute Gasteiger partial charge is 0.417 e. The molecule has 1 aromatic heterocycles. The van der Waals surface area contributed by atoms with Crippen LogP contribution < -0.4 is 11.3 Å². The molecule has 0 spiro atoms. The number of benzene rings is 1. The van der Waals surface area contributed by atoms with Gasteiger partial charge in [-0.3, -0.25) is 4.79 Å². The SMILES string of the molecule is N#Cc1c(N)[nH]c(=O)c(C#N)c1-c1ccccc1C(F)(F)F. The van der Waals surface area contributed by atoms with Crippen LogP contribution in [0.3, 0.4) is 0 Å². The van der Waals surface area contributed by atoms with Crippen LogP contribution in [-0.4, -0.2) is 4.98 Å². The molecule has 0 aliphatic carbocycles. The van der Waals surface area contributed by atoms with Crippen LogP contribution in [0.4, 0.5) is 19.0 Å². The summed E-state index contributed by atoms with van der Waals surface area (Å²) < 4.78 is 39.4. The highest BCUT2D eigenvalue weighted by Crippen LogP contribution is 2.39. The summed E-state index contributed by atoms with van der Waals surface area (Å²) in [6.45, 7) is 0. The van der Waals surface area contributed by atoms with Crippen molar-refractivity contribution < 1.29 is 13.2 Å². The number of nitriles is 2. The summed E-state index contributed by atoms with van der Waals surface area (Å²) in [6.07, 6.45) is -4.71. The van der Waals surface area contributed by atoms with Crippen molar-refractivity contribution >= 4 is 5.82 Å². The second-order valence-corrected chi connectivity index (χ2v) is 4.26. The van der Waals surface area contributed by atoms with E-state index in [1.54, 1.807) is 6.07 Å². The zero-order valence-corrected chi connectivity index (χ0v) is 10.8. The Morgan fingerprint density at radius 3 is 2.23 bits per heavy atom. The minimum atomic E-state index is -4.71. The minimum absolute atomic E-state index is 0.382. The third kappa shape index (κ3) is 2.38. The number of rotatable bonds is 1. The molecule has 2 aromatic rings. The molecule has 110 valence electrons. The van der Waals surface area contributed by atoms with Gasteiger partial charge in [-0.05, 0) is 11.6 Å². The Kier molecular flexibility index (Phi) is 3.62. The van der Waals surface area contributed by atoms with Crippen LogP contribution in [0.1, 0.15) is 16.7 Å². The summed E-state index contributed by atoms with van der Waals surface area (Å²) in [4.78, 5) is 13.8. The van der Waals surface area contributed by atoms with E-state index in [4.69, 9.17) is 16.3 Å². The lowest BCUT2D eigenvalue weighted by Crippen LogP contribution is -2.17.